The molecular formula is C26H26F3N3O3S. The van der Waals surface area contributed by atoms with Gasteiger partial charge < -0.3 is 4.90 Å². The molecule has 1 aliphatic rings. The number of para-hydroxylation sites is 2. The van der Waals surface area contributed by atoms with Crippen molar-refractivity contribution in [2.75, 3.05) is 27.2 Å². The van der Waals surface area contributed by atoms with Crippen LogP contribution in [0, 0.1) is 6.92 Å². The smallest absolute Gasteiger partial charge is 0.372 e. The Labute approximate surface area is 208 Å². The molecule has 1 heterocycles. The maximum atomic E-state index is 13.9. The van der Waals surface area contributed by atoms with E-state index in [1.54, 1.807) is 43.3 Å². The van der Waals surface area contributed by atoms with E-state index in [0.717, 1.165) is 28.6 Å². The molecule has 3 aromatic carbocycles. The fourth-order valence-corrected chi connectivity index (χ4v) is 5.99. The van der Waals surface area contributed by atoms with E-state index < -0.39 is 28.3 Å². The third kappa shape index (κ3) is 4.41. The zero-order valence-electron chi connectivity index (χ0n) is 20.0. The number of benzene rings is 3. The second kappa shape index (κ2) is 9.50. The van der Waals surface area contributed by atoms with E-state index in [4.69, 9.17) is 0 Å². The van der Waals surface area contributed by atoms with Gasteiger partial charge in [-0.25, -0.2) is 12.7 Å². The Hall–Kier alpha value is -3.53. The van der Waals surface area contributed by atoms with Crippen molar-refractivity contribution in [2.45, 2.75) is 38.0 Å². The number of hydrogen-bond donors (Lipinski definition) is 0. The first-order valence-corrected chi connectivity index (χ1v) is 12.9. The molecule has 190 valence electrons. The molecule has 36 heavy (non-hydrogen) atoms. The van der Waals surface area contributed by atoms with Gasteiger partial charge in [-0.05, 0) is 62.7 Å². The Kier molecular flexibility index (Phi) is 6.74. The van der Waals surface area contributed by atoms with Crippen molar-refractivity contribution in [3.05, 3.63) is 83.9 Å². The van der Waals surface area contributed by atoms with Crippen molar-refractivity contribution < 1.29 is 26.4 Å². The van der Waals surface area contributed by atoms with E-state index in [2.05, 4.69) is 0 Å². The zero-order valence-corrected chi connectivity index (χ0v) is 20.8. The molecular weight excluding hydrogens is 491 g/mol. The van der Waals surface area contributed by atoms with Gasteiger partial charge in [0.05, 0.1) is 16.3 Å². The Morgan fingerprint density at radius 2 is 1.44 bits per heavy atom. The van der Waals surface area contributed by atoms with Crippen LogP contribution in [-0.4, -0.2) is 33.6 Å². The van der Waals surface area contributed by atoms with Crippen LogP contribution in [0.4, 0.5) is 30.2 Å². The molecule has 4 rings (SSSR count). The summed E-state index contributed by atoms with van der Waals surface area (Å²) in [5, 5.41) is 0. The minimum Gasteiger partial charge on any atom is -0.372 e. The summed E-state index contributed by atoms with van der Waals surface area (Å²) in [5.41, 5.74) is 1.76. The lowest BCUT2D eigenvalue weighted by atomic mass is 10.1. The molecule has 1 unspecified atom stereocenters. The summed E-state index contributed by atoms with van der Waals surface area (Å²) < 4.78 is 70.0. The van der Waals surface area contributed by atoms with Gasteiger partial charge in [-0.3, -0.25) is 9.69 Å². The van der Waals surface area contributed by atoms with E-state index in [0.29, 0.717) is 4.90 Å². The Morgan fingerprint density at radius 3 is 1.97 bits per heavy atom. The minimum atomic E-state index is -5.21. The van der Waals surface area contributed by atoms with E-state index in [1.807, 2.05) is 18.7 Å². The number of aryl methyl sites for hydroxylation is 1. The molecule has 1 amide bonds. The summed E-state index contributed by atoms with van der Waals surface area (Å²) in [5.74, 6) is -2.14. The van der Waals surface area contributed by atoms with Crippen LogP contribution >= 0.6 is 0 Å². The van der Waals surface area contributed by atoms with Crippen molar-refractivity contribution in [3.8, 4) is 0 Å². The summed E-state index contributed by atoms with van der Waals surface area (Å²) >= 11 is 0. The van der Waals surface area contributed by atoms with E-state index >= 15 is 0 Å². The largest absolute Gasteiger partial charge is 0.471 e. The normalized spacial score (nSPS) is 15.7. The molecule has 0 aliphatic carbocycles. The maximum absolute atomic E-state index is 13.9. The average molecular weight is 518 g/mol. The molecule has 0 radical (unpaired) electrons. The van der Waals surface area contributed by atoms with Crippen LogP contribution in [-0.2, 0) is 14.8 Å². The van der Waals surface area contributed by atoms with Crippen molar-refractivity contribution in [3.63, 3.8) is 0 Å². The highest BCUT2D eigenvalue weighted by atomic mass is 32.2. The maximum Gasteiger partial charge on any atom is 0.471 e. The standard InChI is InChI=1S/C26H26F3N3O3S/c1-4-30(5-2)20-14-12-19(13-15-20)24-31(25(33)26(27,28)29)22-8-6-7-9-23(22)32(24)36(34,35)21-16-10-18(3)11-17-21/h6-17,24H,4-5H2,1-3H3. The first-order chi connectivity index (χ1) is 17.0. The Balaban J connectivity index is 1.94. The molecule has 0 saturated heterocycles. The average Bonchev–Trinajstić information content (AvgIpc) is 3.20. The number of amides is 1. The molecule has 0 bridgehead atoms. The number of anilines is 3. The van der Waals surface area contributed by atoms with Crippen molar-refractivity contribution in [2.24, 2.45) is 0 Å². The first kappa shape index (κ1) is 25.6. The van der Waals surface area contributed by atoms with E-state index in [-0.39, 0.29) is 21.8 Å². The summed E-state index contributed by atoms with van der Waals surface area (Å²) in [7, 11) is -4.35. The lowest BCUT2D eigenvalue weighted by molar-refractivity contribution is -0.170. The van der Waals surface area contributed by atoms with Crippen molar-refractivity contribution in [1.29, 1.82) is 0 Å². The number of nitrogens with zero attached hydrogens (tertiary/aromatic N) is 3. The number of sulfonamides is 1. The lowest BCUT2D eigenvalue weighted by Gasteiger charge is -2.32. The topological polar surface area (TPSA) is 60.9 Å². The lowest BCUT2D eigenvalue weighted by Crippen LogP contribution is -2.47. The predicted molar refractivity (Wildman–Crippen MR) is 134 cm³/mol. The second-order valence-electron chi connectivity index (χ2n) is 8.41. The molecule has 0 aromatic heterocycles. The molecule has 1 atom stereocenters. The molecule has 3 aromatic rings. The van der Waals surface area contributed by atoms with Gasteiger partial charge in [0.15, 0.2) is 6.17 Å². The zero-order chi connectivity index (χ0) is 26.3. The molecule has 0 spiro atoms. The number of carbonyl (C=O) groups excluding carboxylic acids is 1. The molecule has 0 fully saturated rings. The summed E-state index contributed by atoms with van der Waals surface area (Å²) in [4.78, 5) is 15.2. The number of alkyl halides is 3. The van der Waals surface area contributed by atoms with Crippen molar-refractivity contribution >= 4 is 33.0 Å². The molecule has 0 saturated carbocycles. The van der Waals surface area contributed by atoms with Gasteiger partial charge in [0.1, 0.15) is 0 Å². The van der Waals surface area contributed by atoms with E-state index in [1.165, 1.54) is 36.4 Å². The van der Waals surface area contributed by atoms with Gasteiger partial charge in [-0.2, -0.15) is 13.2 Å². The number of fused-ring (bicyclic) bond motifs is 1. The predicted octanol–water partition coefficient (Wildman–Crippen LogP) is 5.64. The highest BCUT2D eigenvalue weighted by Gasteiger charge is 2.53. The summed E-state index contributed by atoms with van der Waals surface area (Å²) in [6.07, 6.45) is -6.77. The third-order valence-corrected chi connectivity index (χ3v) is 7.99. The number of rotatable bonds is 6. The SMILES string of the molecule is CCN(CC)c1ccc(C2N(C(=O)C(F)(F)F)c3ccccc3N2S(=O)(=O)c2ccc(C)cc2)cc1. The van der Waals surface area contributed by atoms with Gasteiger partial charge in [0, 0.05) is 18.8 Å². The van der Waals surface area contributed by atoms with Crippen LogP contribution < -0.4 is 14.1 Å². The number of carbonyl (C=O) groups is 1. The monoisotopic (exact) mass is 517 g/mol. The van der Waals surface area contributed by atoms with Gasteiger partial charge >= 0.3 is 12.1 Å². The van der Waals surface area contributed by atoms with Crippen LogP contribution in [0.1, 0.15) is 31.1 Å². The fourth-order valence-electron chi connectivity index (χ4n) is 4.39. The highest BCUT2D eigenvalue weighted by Crippen LogP contribution is 2.50. The quantitative estimate of drug-likeness (QED) is 0.424. The van der Waals surface area contributed by atoms with Crippen LogP contribution in [0.2, 0.25) is 0 Å². The molecule has 0 N–H and O–H groups in total. The van der Waals surface area contributed by atoms with Crippen molar-refractivity contribution in [1.82, 2.24) is 0 Å². The van der Waals surface area contributed by atoms with Gasteiger partial charge in [0.2, 0.25) is 0 Å². The minimum absolute atomic E-state index is 0.00602. The number of halogens is 3. The van der Waals surface area contributed by atoms with Crippen LogP contribution in [0.25, 0.3) is 0 Å². The summed E-state index contributed by atoms with van der Waals surface area (Å²) in [6.45, 7) is 7.19. The third-order valence-electron chi connectivity index (χ3n) is 6.20. The Bertz CT molecular complexity index is 1350. The van der Waals surface area contributed by atoms with Gasteiger partial charge in [0.25, 0.3) is 10.0 Å². The first-order valence-electron chi connectivity index (χ1n) is 11.5. The van der Waals surface area contributed by atoms with Crippen LogP contribution in [0.5, 0.6) is 0 Å². The Morgan fingerprint density at radius 1 is 0.889 bits per heavy atom. The number of hydrogen-bond acceptors (Lipinski definition) is 4. The molecule has 10 heteroatoms. The second-order valence-corrected chi connectivity index (χ2v) is 10.2. The van der Waals surface area contributed by atoms with Crippen LogP contribution in [0.15, 0.2) is 77.7 Å². The van der Waals surface area contributed by atoms with E-state index in [9.17, 15) is 26.4 Å². The molecule has 1 aliphatic heterocycles. The highest BCUT2D eigenvalue weighted by molar-refractivity contribution is 7.92. The fraction of sp³-hybridized carbons (Fsp3) is 0.269. The van der Waals surface area contributed by atoms with Crippen LogP contribution in [0.3, 0.4) is 0 Å². The van der Waals surface area contributed by atoms with Gasteiger partial charge in [-0.15, -0.1) is 0 Å². The molecule has 6 nitrogen and oxygen atoms in total. The van der Waals surface area contributed by atoms with Gasteiger partial charge in [-0.1, -0.05) is 42.0 Å². The summed E-state index contributed by atoms with van der Waals surface area (Å²) in [6, 6.07) is 18.3.